The highest BCUT2D eigenvalue weighted by molar-refractivity contribution is 9.10. The Kier molecular flexibility index (Phi) is 8.51. The summed E-state index contributed by atoms with van der Waals surface area (Å²) in [6, 6.07) is 0. The van der Waals surface area contributed by atoms with E-state index in [4.69, 9.17) is 4.74 Å². The Labute approximate surface area is 89.2 Å². The number of alkyl halides is 1. The van der Waals surface area contributed by atoms with Gasteiger partial charge in [-0.25, -0.2) is 0 Å². The second kappa shape index (κ2) is 8.54. The molecule has 0 aliphatic carbocycles. The van der Waals surface area contributed by atoms with Crippen molar-refractivity contribution in [3.05, 3.63) is 0 Å². The predicted molar refractivity (Wildman–Crippen MR) is 58.1 cm³/mol. The van der Waals surface area contributed by atoms with Crippen LogP contribution in [0.4, 0.5) is 0 Å². The standard InChI is InChI=1S/C10H19BrO2/c1-3-5-6-7-8-9(11)10(12)13-4-2/h9H,3-8H2,1-2H3/t9-/m1/s1. The minimum Gasteiger partial charge on any atom is -0.465 e. The number of hydrogen-bond acceptors (Lipinski definition) is 2. The van der Waals surface area contributed by atoms with Crippen LogP contribution in [0.3, 0.4) is 0 Å². The maximum absolute atomic E-state index is 11.1. The highest BCUT2D eigenvalue weighted by Crippen LogP contribution is 2.13. The molecule has 0 radical (unpaired) electrons. The lowest BCUT2D eigenvalue weighted by molar-refractivity contribution is -0.142. The number of esters is 1. The molecule has 0 aromatic carbocycles. The van der Waals surface area contributed by atoms with Crippen molar-refractivity contribution in [3.63, 3.8) is 0 Å². The molecule has 78 valence electrons. The summed E-state index contributed by atoms with van der Waals surface area (Å²) < 4.78 is 4.87. The lowest BCUT2D eigenvalue weighted by atomic mass is 10.1. The van der Waals surface area contributed by atoms with E-state index in [2.05, 4.69) is 22.9 Å². The van der Waals surface area contributed by atoms with E-state index in [1.165, 1.54) is 19.3 Å². The van der Waals surface area contributed by atoms with Crippen molar-refractivity contribution < 1.29 is 9.53 Å². The van der Waals surface area contributed by atoms with Gasteiger partial charge in [0.2, 0.25) is 0 Å². The summed E-state index contributed by atoms with van der Waals surface area (Å²) in [6.45, 7) is 4.47. The molecule has 0 bridgehead atoms. The van der Waals surface area contributed by atoms with Crippen molar-refractivity contribution in [1.82, 2.24) is 0 Å². The third-order valence-corrected chi connectivity index (χ3v) is 2.69. The summed E-state index contributed by atoms with van der Waals surface area (Å²) in [5.41, 5.74) is 0. The van der Waals surface area contributed by atoms with Gasteiger partial charge in [-0.05, 0) is 13.3 Å². The molecule has 0 rings (SSSR count). The van der Waals surface area contributed by atoms with Crippen molar-refractivity contribution in [3.8, 4) is 0 Å². The normalized spacial score (nSPS) is 12.5. The molecule has 0 unspecified atom stereocenters. The molecule has 0 amide bonds. The molecule has 0 saturated carbocycles. The summed E-state index contributed by atoms with van der Waals surface area (Å²) in [5.74, 6) is -0.126. The van der Waals surface area contributed by atoms with Crippen molar-refractivity contribution in [2.24, 2.45) is 0 Å². The summed E-state index contributed by atoms with van der Waals surface area (Å²) in [6.07, 6.45) is 5.67. The largest absolute Gasteiger partial charge is 0.465 e. The molecule has 0 aliphatic rings. The second-order valence-electron chi connectivity index (χ2n) is 3.07. The zero-order valence-electron chi connectivity index (χ0n) is 8.51. The van der Waals surface area contributed by atoms with Crippen molar-refractivity contribution >= 4 is 21.9 Å². The molecule has 2 nitrogen and oxygen atoms in total. The second-order valence-corrected chi connectivity index (χ2v) is 4.17. The third kappa shape index (κ3) is 7.05. The Bertz CT molecular complexity index is 137. The Balaban J connectivity index is 3.38. The molecule has 13 heavy (non-hydrogen) atoms. The molecule has 3 heteroatoms. The van der Waals surface area contributed by atoms with E-state index in [-0.39, 0.29) is 10.8 Å². The fraction of sp³-hybridized carbons (Fsp3) is 0.900. The number of carbonyl (C=O) groups is 1. The van der Waals surface area contributed by atoms with Gasteiger partial charge in [0.15, 0.2) is 0 Å². The van der Waals surface area contributed by atoms with Crippen LogP contribution in [0.15, 0.2) is 0 Å². The Morgan fingerprint density at radius 2 is 2.00 bits per heavy atom. The van der Waals surface area contributed by atoms with Crippen molar-refractivity contribution in [1.29, 1.82) is 0 Å². The lowest BCUT2D eigenvalue weighted by Gasteiger charge is -2.07. The van der Waals surface area contributed by atoms with Gasteiger partial charge in [-0.3, -0.25) is 4.79 Å². The SMILES string of the molecule is CCCCCC[C@@H](Br)C(=O)OCC. The van der Waals surface area contributed by atoms with Crippen LogP contribution in [0.25, 0.3) is 0 Å². The molecule has 0 fully saturated rings. The van der Waals surface area contributed by atoms with E-state index in [9.17, 15) is 4.79 Å². The maximum atomic E-state index is 11.1. The average Bonchev–Trinajstić information content (AvgIpc) is 2.12. The van der Waals surface area contributed by atoms with Gasteiger partial charge in [-0.2, -0.15) is 0 Å². The van der Waals surface area contributed by atoms with Crippen LogP contribution in [0.1, 0.15) is 46.0 Å². The van der Waals surface area contributed by atoms with Crippen LogP contribution >= 0.6 is 15.9 Å². The van der Waals surface area contributed by atoms with Crippen LogP contribution in [-0.2, 0) is 9.53 Å². The predicted octanol–water partition coefficient (Wildman–Crippen LogP) is 3.28. The van der Waals surface area contributed by atoms with Crippen LogP contribution in [-0.4, -0.2) is 17.4 Å². The van der Waals surface area contributed by atoms with Crippen LogP contribution in [0, 0.1) is 0 Å². The number of unbranched alkanes of at least 4 members (excludes halogenated alkanes) is 3. The average molecular weight is 251 g/mol. The third-order valence-electron chi connectivity index (χ3n) is 1.85. The van der Waals surface area contributed by atoms with Gasteiger partial charge in [0.1, 0.15) is 4.83 Å². The van der Waals surface area contributed by atoms with Crippen LogP contribution in [0.5, 0.6) is 0 Å². The minimum atomic E-state index is -0.126. The van der Waals surface area contributed by atoms with Gasteiger partial charge in [-0.1, -0.05) is 48.5 Å². The van der Waals surface area contributed by atoms with E-state index in [1.807, 2.05) is 6.92 Å². The van der Waals surface area contributed by atoms with Gasteiger partial charge >= 0.3 is 5.97 Å². The monoisotopic (exact) mass is 250 g/mol. The van der Waals surface area contributed by atoms with Gasteiger partial charge < -0.3 is 4.74 Å². The fourth-order valence-electron chi connectivity index (χ4n) is 1.10. The minimum absolute atomic E-state index is 0.107. The molecule has 0 aliphatic heterocycles. The first-order chi connectivity index (χ1) is 6.22. The molecular weight excluding hydrogens is 232 g/mol. The topological polar surface area (TPSA) is 26.3 Å². The molecule has 0 aromatic rings. The molecule has 0 spiro atoms. The summed E-state index contributed by atoms with van der Waals surface area (Å²) >= 11 is 3.32. The van der Waals surface area contributed by atoms with Gasteiger partial charge in [0.05, 0.1) is 6.61 Å². The van der Waals surface area contributed by atoms with E-state index < -0.39 is 0 Å². The maximum Gasteiger partial charge on any atom is 0.319 e. The first-order valence-corrected chi connectivity index (χ1v) is 5.94. The van der Waals surface area contributed by atoms with E-state index in [1.54, 1.807) is 0 Å². The van der Waals surface area contributed by atoms with Gasteiger partial charge in [0.25, 0.3) is 0 Å². The highest BCUT2D eigenvalue weighted by atomic mass is 79.9. The molecule has 0 heterocycles. The first kappa shape index (κ1) is 12.9. The molecule has 0 N–H and O–H groups in total. The van der Waals surface area contributed by atoms with E-state index in [0.29, 0.717) is 6.61 Å². The van der Waals surface area contributed by atoms with Crippen LogP contribution in [0.2, 0.25) is 0 Å². The Morgan fingerprint density at radius 3 is 2.54 bits per heavy atom. The van der Waals surface area contributed by atoms with Crippen LogP contribution < -0.4 is 0 Å². The van der Waals surface area contributed by atoms with Gasteiger partial charge in [0, 0.05) is 0 Å². The lowest BCUT2D eigenvalue weighted by Crippen LogP contribution is -2.17. The van der Waals surface area contributed by atoms with E-state index in [0.717, 1.165) is 12.8 Å². The summed E-state index contributed by atoms with van der Waals surface area (Å²) in [5, 5.41) is 0. The molecule has 0 saturated heterocycles. The van der Waals surface area contributed by atoms with Crippen molar-refractivity contribution in [2.45, 2.75) is 50.8 Å². The summed E-state index contributed by atoms with van der Waals surface area (Å²) in [7, 11) is 0. The zero-order chi connectivity index (χ0) is 10.1. The number of hydrogen-bond donors (Lipinski definition) is 0. The number of halogens is 1. The first-order valence-electron chi connectivity index (χ1n) is 5.03. The molecular formula is C10H19BrO2. The van der Waals surface area contributed by atoms with Crippen molar-refractivity contribution in [2.75, 3.05) is 6.61 Å². The quantitative estimate of drug-likeness (QED) is 0.394. The van der Waals surface area contributed by atoms with Gasteiger partial charge in [-0.15, -0.1) is 0 Å². The Hall–Kier alpha value is -0.0500. The number of carbonyl (C=O) groups excluding carboxylic acids is 1. The smallest absolute Gasteiger partial charge is 0.319 e. The van der Waals surface area contributed by atoms with E-state index >= 15 is 0 Å². The number of ether oxygens (including phenoxy) is 1. The highest BCUT2D eigenvalue weighted by Gasteiger charge is 2.14. The molecule has 0 aromatic heterocycles. The zero-order valence-corrected chi connectivity index (χ0v) is 10.1. The summed E-state index contributed by atoms with van der Waals surface area (Å²) in [4.78, 5) is 11.0. The fourth-order valence-corrected chi connectivity index (χ4v) is 1.56. The Morgan fingerprint density at radius 1 is 1.31 bits per heavy atom. The number of rotatable bonds is 7. The molecule has 1 atom stereocenters.